The molecule has 0 spiro atoms. The molecule has 5 nitrogen and oxygen atoms in total. The Morgan fingerprint density at radius 3 is 2.33 bits per heavy atom. The van der Waals surface area contributed by atoms with Crippen LogP contribution in [0.25, 0.3) is 0 Å². The maximum absolute atomic E-state index is 12.6. The number of thiophene rings is 1. The lowest BCUT2D eigenvalue weighted by molar-refractivity contribution is 0.0905. The minimum absolute atomic E-state index is 0.0919. The van der Waals surface area contributed by atoms with Crippen molar-refractivity contribution >= 4 is 43.1 Å². The Kier molecular flexibility index (Phi) is 5.51. The normalized spacial score (nSPS) is 17.0. The van der Waals surface area contributed by atoms with Crippen molar-refractivity contribution in [1.29, 1.82) is 0 Å². The Morgan fingerprint density at radius 2 is 1.75 bits per heavy atom. The van der Waals surface area contributed by atoms with Crippen molar-refractivity contribution in [2.45, 2.75) is 4.90 Å². The number of sulfonamides is 1. The van der Waals surface area contributed by atoms with Gasteiger partial charge in [0.2, 0.25) is 10.0 Å². The van der Waals surface area contributed by atoms with E-state index in [2.05, 4.69) is 15.9 Å². The van der Waals surface area contributed by atoms with E-state index in [1.807, 2.05) is 22.4 Å². The SMILES string of the molecule is O=C(CN1CCN(S(=O)(=O)c2ccc(Br)cc2)CC1)c1cccs1. The summed E-state index contributed by atoms with van der Waals surface area (Å²) in [6.07, 6.45) is 0. The van der Waals surface area contributed by atoms with Gasteiger partial charge in [-0.1, -0.05) is 22.0 Å². The molecule has 128 valence electrons. The molecule has 0 aliphatic carbocycles. The Balaban J connectivity index is 1.60. The second kappa shape index (κ2) is 7.45. The molecule has 1 aromatic heterocycles. The van der Waals surface area contributed by atoms with E-state index in [9.17, 15) is 13.2 Å². The third-order valence-corrected chi connectivity index (χ3v) is 7.30. The lowest BCUT2D eigenvalue weighted by atomic mass is 10.2. The van der Waals surface area contributed by atoms with Gasteiger partial charge < -0.3 is 0 Å². The number of carbonyl (C=O) groups excluding carboxylic acids is 1. The zero-order valence-electron chi connectivity index (χ0n) is 12.9. The van der Waals surface area contributed by atoms with Crippen molar-refractivity contribution in [3.63, 3.8) is 0 Å². The van der Waals surface area contributed by atoms with E-state index in [4.69, 9.17) is 0 Å². The van der Waals surface area contributed by atoms with E-state index in [1.165, 1.54) is 15.6 Å². The number of hydrogen-bond donors (Lipinski definition) is 0. The van der Waals surface area contributed by atoms with Gasteiger partial charge in [-0.3, -0.25) is 9.69 Å². The molecule has 2 aromatic rings. The summed E-state index contributed by atoms with van der Waals surface area (Å²) in [6.45, 7) is 2.26. The lowest BCUT2D eigenvalue weighted by Gasteiger charge is -2.33. The van der Waals surface area contributed by atoms with E-state index in [-0.39, 0.29) is 5.78 Å². The predicted molar refractivity (Wildman–Crippen MR) is 98.0 cm³/mol. The van der Waals surface area contributed by atoms with Crippen molar-refractivity contribution in [3.8, 4) is 0 Å². The van der Waals surface area contributed by atoms with Crippen LogP contribution in [0.4, 0.5) is 0 Å². The standard InChI is InChI=1S/C16H17BrN2O3S2/c17-13-3-5-14(6-4-13)24(21,22)19-9-7-18(8-10-19)12-15(20)16-2-1-11-23-16/h1-6,11H,7-10,12H2. The molecule has 2 heterocycles. The van der Waals surface area contributed by atoms with Crippen LogP contribution < -0.4 is 0 Å². The summed E-state index contributed by atoms with van der Waals surface area (Å²) in [5, 5.41) is 1.88. The van der Waals surface area contributed by atoms with Gasteiger partial charge in [-0.25, -0.2) is 8.42 Å². The Bertz CT molecular complexity index is 796. The van der Waals surface area contributed by atoms with E-state index in [0.717, 1.165) is 9.35 Å². The number of halogens is 1. The molecule has 0 N–H and O–H groups in total. The number of ketones is 1. The third-order valence-electron chi connectivity index (χ3n) is 3.95. The smallest absolute Gasteiger partial charge is 0.243 e. The molecular weight excluding hydrogens is 412 g/mol. The summed E-state index contributed by atoms with van der Waals surface area (Å²) in [5.74, 6) is 0.0919. The minimum Gasteiger partial charge on any atom is -0.293 e. The minimum atomic E-state index is -3.47. The molecule has 1 aliphatic rings. The van der Waals surface area contributed by atoms with Crippen LogP contribution >= 0.6 is 27.3 Å². The van der Waals surface area contributed by atoms with E-state index < -0.39 is 10.0 Å². The number of nitrogens with zero attached hydrogens (tertiary/aromatic N) is 2. The topological polar surface area (TPSA) is 57.7 Å². The van der Waals surface area contributed by atoms with Gasteiger partial charge in [-0.2, -0.15) is 4.31 Å². The van der Waals surface area contributed by atoms with Crippen LogP contribution in [0.1, 0.15) is 9.67 Å². The zero-order valence-corrected chi connectivity index (χ0v) is 16.1. The summed E-state index contributed by atoms with van der Waals surface area (Å²) in [5.41, 5.74) is 0. The number of hydrogen-bond acceptors (Lipinski definition) is 5. The Labute approximate surface area is 154 Å². The summed E-state index contributed by atoms with van der Waals surface area (Å²) in [7, 11) is -3.47. The van der Waals surface area contributed by atoms with Crippen LogP contribution in [0.5, 0.6) is 0 Å². The molecule has 0 saturated carbocycles. The first kappa shape index (κ1) is 17.8. The highest BCUT2D eigenvalue weighted by Crippen LogP contribution is 2.20. The fourth-order valence-corrected chi connectivity index (χ4v) is 4.95. The van der Waals surface area contributed by atoms with Gasteiger partial charge in [-0.15, -0.1) is 11.3 Å². The molecule has 8 heteroatoms. The highest BCUT2D eigenvalue weighted by Gasteiger charge is 2.29. The van der Waals surface area contributed by atoms with Crippen molar-refractivity contribution in [1.82, 2.24) is 9.21 Å². The maximum Gasteiger partial charge on any atom is 0.243 e. The zero-order chi connectivity index (χ0) is 17.2. The fourth-order valence-electron chi connectivity index (χ4n) is 2.60. The second-order valence-corrected chi connectivity index (χ2v) is 9.34. The first-order chi connectivity index (χ1) is 11.5. The van der Waals surface area contributed by atoms with E-state index in [0.29, 0.717) is 37.6 Å². The third kappa shape index (κ3) is 3.94. The number of piperazine rings is 1. The average molecular weight is 429 g/mol. The molecule has 0 radical (unpaired) electrons. The summed E-state index contributed by atoms with van der Waals surface area (Å²) < 4.78 is 27.6. The lowest BCUT2D eigenvalue weighted by Crippen LogP contribution is -2.49. The van der Waals surface area contributed by atoms with Crippen LogP contribution in [0.3, 0.4) is 0 Å². The molecule has 1 aliphatic heterocycles. The molecule has 0 atom stereocenters. The molecular formula is C16H17BrN2O3S2. The average Bonchev–Trinajstić information content (AvgIpc) is 3.10. The first-order valence-corrected chi connectivity index (χ1v) is 10.6. The molecule has 3 rings (SSSR count). The summed E-state index contributed by atoms with van der Waals surface area (Å²) in [4.78, 5) is 15.2. The second-order valence-electron chi connectivity index (χ2n) is 5.53. The van der Waals surface area contributed by atoms with Crippen molar-refractivity contribution in [3.05, 3.63) is 51.1 Å². The molecule has 1 saturated heterocycles. The molecule has 1 fully saturated rings. The van der Waals surface area contributed by atoms with Crippen LogP contribution in [0.2, 0.25) is 0 Å². The quantitative estimate of drug-likeness (QED) is 0.686. The van der Waals surface area contributed by atoms with Gasteiger partial charge in [0.15, 0.2) is 5.78 Å². The molecule has 0 bridgehead atoms. The Morgan fingerprint density at radius 1 is 1.08 bits per heavy atom. The number of carbonyl (C=O) groups is 1. The largest absolute Gasteiger partial charge is 0.293 e. The molecule has 0 unspecified atom stereocenters. The maximum atomic E-state index is 12.6. The summed E-state index contributed by atoms with van der Waals surface area (Å²) in [6, 6.07) is 10.3. The molecule has 0 amide bonds. The summed E-state index contributed by atoms with van der Waals surface area (Å²) >= 11 is 4.75. The number of benzene rings is 1. The van der Waals surface area contributed by atoms with Gasteiger partial charge in [0.1, 0.15) is 0 Å². The van der Waals surface area contributed by atoms with E-state index in [1.54, 1.807) is 24.3 Å². The van der Waals surface area contributed by atoms with Crippen LogP contribution in [-0.2, 0) is 10.0 Å². The molecule has 24 heavy (non-hydrogen) atoms. The first-order valence-electron chi connectivity index (χ1n) is 7.51. The Hall–Kier alpha value is -1.06. The van der Waals surface area contributed by atoms with Crippen molar-refractivity contribution in [2.24, 2.45) is 0 Å². The van der Waals surface area contributed by atoms with Crippen molar-refractivity contribution in [2.75, 3.05) is 32.7 Å². The van der Waals surface area contributed by atoms with Crippen LogP contribution in [0, 0.1) is 0 Å². The predicted octanol–water partition coefficient (Wildman–Crippen LogP) is 2.70. The van der Waals surface area contributed by atoms with Gasteiger partial charge in [0, 0.05) is 30.7 Å². The van der Waals surface area contributed by atoms with E-state index >= 15 is 0 Å². The monoisotopic (exact) mass is 428 g/mol. The fraction of sp³-hybridized carbons (Fsp3) is 0.312. The van der Waals surface area contributed by atoms with Gasteiger partial charge in [0.25, 0.3) is 0 Å². The highest BCUT2D eigenvalue weighted by atomic mass is 79.9. The van der Waals surface area contributed by atoms with Crippen LogP contribution in [-0.4, -0.2) is 56.1 Å². The van der Waals surface area contributed by atoms with Gasteiger partial charge >= 0.3 is 0 Å². The molecule has 1 aromatic carbocycles. The number of rotatable bonds is 5. The van der Waals surface area contributed by atoms with Gasteiger partial charge in [0.05, 0.1) is 16.3 Å². The number of Topliss-reactive ketones (excluding diaryl/α,β-unsaturated/α-hetero) is 1. The van der Waals surface area contributed by atoms with Crippen LogP contribution in [0.15, 0.2) is 51.1 Å². The highest BCUT2D eigenvalue weighted by molar-refractivity contribution is 9.10. The van der Waals surface area contributed by atoms with Gasteiger partial charge in [-0.05, 0) is 35.7 Å². The van der Waals surface area contributed by atoms with Crippen molar-refractivity contribution < 1.29 is 13.2 Å².